The second kappa shape index (κ2) is 6.49. The van der Waals surface area contributed by atoms with Crippen LogP contribution in [0.3, 0.4) is 0 Å². The summed E-state index contributed by atoms with van der Waals surface area (Å²) in [5, 5.41) is 2.82. The maximum Gasteiger partial charge on any atom is 0.136 e. The fourth-order valence-electron chi connectivity index (χ4n) is 3.48. The van der Waals surface area contributed by atoms with Gasteiger partial charge in [0, 0.05) is 38.9 Å². The van der Waals surface area contributed by atoms with Crippen LogP contribution in [0.15, 0.2) is 101 Å². The summed E-state index contributed by atoms with van der Waals surface area (Å²) in [6.07, 6.45) is 0. The quantitative estimate of drug-likeness (QED) is 0.324. The van der Waals surface area contributed by atoms with E-state index in [1.807, 2.05) is 36.4 Å². The molecule has 27 heavy (non-hydrogen) atoms. The van der Waals surface area contributed by atoms with Gasteiger partial charge in [0.1, 0.15) is 11.2 Å². The molecule has 0 saturated heterocycles. The average Bonchev–Trinajstić information content (AvgIpc) is 3.07. The molecule has 0 aliphatic heterocycles. The van der Waals surface area contributed by atoms with Gasteiger partial charge >= 0.3 is 0 Å². The average molecular weight is 370 g/mol. The van der Waals surface area contributed by atoms with Crippen molar-refractivity contribution in [2.24, 2.45) is 0 Å². The summed E-state index contributed by atoms with van der Waals surface area (Å²) in [6, 6.07) is 32.8. The Balaban J connectivity index is 1.74. The van der Waals surface area contributed by atoms with E-state index in [0.29, 0.717) is 5.02 Å². The second-order valence-electron chi connectivity index (χ2n) is 6.43. The predicted molar refractivity (Wildman–Crippen MR) is 113 cm³/mol. The van der Waals surface area contributed by atoms with Crippen LogP contribution in [-0.4, -0.2) is 0 Å². The minimum atomic E-state index is 0.678. The van der Waals surface area contributed by atoms with Gasteiger partial charge < -0.3 is 9.32 Å². The second-order valence-corrected chi connectivity index (χ2v) is 6.87. The summed E-state index contributed by atoms with van der Waals surface area (Å²) in [6.45, 7) is 0. The molecule has 0 spiro atoms. The molecule has 0 aliphatic rings. The highest BCUT2D eigenvalue weighted by atomic mass is 35.5. The monoisotopic (exact) mass is 369 g/mol. The van der Waals surface area contributed by atoms with Crippen molar-refractivity contribution in [3.63, 3.8) is 0 Å². The minimum Gasteiger partial charge on any atom is -0.456 e. The number of para-hydroxylation sites is 2. The molecule has 0 fully saturated rings. The zero-order valence-corrected chi connectivity index (χ0v) is 15.2. The fraction of sp³-hybridized carbons (Fsp3) is 0. The van der Waals surface area contributed by atoms with Gasteiger partial charge in [-0.25, -0.2) is 0 Å². The van der Waals surface area contributed by atoms with E-state index in [0.717, 1.165) is 39.0 Å². The molecule has 5 rings (SSSR count). The van der Waals surface area contributed by atoms with Crippen molar-refractivity contribution < 1.29 is 4.42 Å². The lowest BCUT2D eigenvalue weighted by Gasteiger charge is -2.25. The first-order valence-corrected chi connectivity index (χ1v) is 9.19. The van der Waals surface area contributed by atoms with Gasteiger partial charge in [0.2, 0.25) is 0 Å². The van der Waals surface area contributed by atoms with Crippen molar-refractivity contribution in [2.45, 2.75) is 0 Å². The largest absolute Gasteiger partial charge is 0.456 e. The van der Waals surface area contributed by atoms with Crippen LogP contribution >= 0.6 is 11.6 Å². The van der Waals surface area contributed by atoms with Crippen LogP contribution in [0, 0.1) is 0 Å². The van der Waals surface area contributed by atoms with Gasteiger partial charge in [0.25, 0.3) is 0 Å². The van der Waals surface area contributed by atoms with Gasteiger partial charge in [-0.15, -0.1) is 0 Å². The van der Waals surface area contributed by atoms with Crippen molar-refractivity contribution in [3.8, 4) is 0 Å². The highest BCUT2D eigenvalue weighted by Gasteiger charge is 2.14. The molecule has 0 bridgehead atoms. The lowest BCUT2D eigenvalue weighted by molar-refractivity contribution is 0.669. The number of nitrogens with zero attached hydrogens (tertiary/aromatic N) is 1. The smallest absolute Gasteiger partial charge is 0.136 e. The number of hydrogen-bond donors (Lipinski definition) is 0. The first-order chi connectivity index (χ1) is 13.3. The highest BCUT2D eigenvalue weighted by Crippen LogP contribution is 2.38. The van der Waals surface area contributed by atoms with E-state index >= 15 is 0 Å². The van der Waals surface area contributed by atoms with Gasteiger partial charge in [-0.05, 0) is 54.6 Å². The van der Waals surface area contributed by atoms with Gasteiger partial charge in [-0.3, -0.25) is 0 Å². The van der Waals surface area contributed by atoms with Crippen molar-refractivity contribution in [2.75, 3.05) is 4.90 Å². The molecular formula is C24H16ClNO. The Bertz CT molecular complexity index is 1190. The number of hydrogen-bond acceptors (Lipinski definition) is 2. The Morgan fingerprint density at radius 3 is 1.89 bits per heavy atom. The molecule has 0 N–H and O–H groups in total. The highest BCUT2D eigenvalue weighted by molar-refractivity contribution is 6.31. The van der Waals surface area contributed by atoms with Crippen LogP contribution in [-0.2, 0) is 0 Å². The lowest BCUT2D eigenvalue weighted by Crippen LogP contribution is -2.09. The van der Waals surface area contributed by atoms with Gasteiger partial charge in [-0.1, -0.05) is 48.0 Å². The van der Waals surface area contributed by atoms with Crippen LogP contribution < -0.4 is 4.90 Å². The third-order valence-corrected chi connectivity index (χ3v) is 4.94. The van der Waals surface area contributed by atoms with E-state index in [1.165, 1.54) is 0 Å². The van der Waals surface area contributed by atoms with Gasteiger partial charge in [0.05, 0.1) is 0 Å². The van der Waals surface area contributed by atoms with Gasteiger partial charge in [-0.2, -0.15) is 0 Å². The van der Waals surface area contributed by atoms with Crippen LogP contribution in [0.25, 0.3) is 21.9 Å². The summed E-state index contributed by atoms with van der Waals surface area (Å²) in [5.41, 5.74) is 4.97. The van der Waals surface area contributed by atoms with E-state index in [9.17, 15) is 0 Å². The van der Waals surface area contributed by atoms with E-state index < -0.39 is 0 Å². The molecule has 3 heteroatoms. The Kier molecular flexibility index (Phi) is 3.84. The summed E-state index contributed by atoms with van der Waals surface area (Å²) in [4.78, 5) is 2.24. The minimum absolute atomic E-state index is 0.678. The Labute approximate surface area is 162 Å². The molecule has 1 heterocycles. The summed E-state index contributed by atoms with van der Waals surface area (Å²) in [5.74, 6) is 0. The molecule has 1 aromatic heterocycles. The maximum absolute atomic E-state index is 6.12. The molecule has 0 radical (unpaired) electrons. The standard InChI is InChI=1S/C24H16ClNO/c25-17-11-13-21-22-16-20(12-14-23(22)27-24(21)15-17)26(18-7-3-1-4-8-18)19-9-5-2-6-10-19/h1-16H. The number of halogens is 1. The third kappa shape index (κ3) is 2.84. The molecular weight excluding hydrogens is 354 g/mol. The van der Waals surface area contributed by atoms with Crippen molar-refractivity contribution in [1.29, 1.82) is 0 Å². The van der Waals surface area contributed by atoms with Crippen LogP contribution in [0.4, 0.5) is 17.1 Å². The molecule has 5 aromatic rings. The SMILES string of the molecule is Clc1ccc2c(c1)oc1ccc(N(c3ccccc3)c3ccccc3)cc12. The molecule has 0 amide bonds. The van der Waals surface area contributed by atoms with Crippen LogP contribution in [0.5, 0.6) is 0 Å². The van der Waals surface area contributed by atoms with E-state index in [2.05, 4.69) is 65.6 Å². The maximum atomic E-state index is 6.12. The molecule has 0 unspecified atom stereocenters. The van der Waals surface area contributed by atoms with E-state index in [4.69, 9.17) is 16.0 Å². The predicted octanol–water partition coefficient (Wildman–Crippen LogP) is 7.71. The first kappa shape index (κ1) is 16.0. The molecule has 2 nitrogen and oxygen atoms in total. The number of rotatable bonds is 3. The van der Waals surface area contributed by atoms with Crippen LogP contribution in [0.1, 0.15) is 0 Å². The molecule has 0 saturated carbocycles. The van der Waals surface area contributed by atoms with Crippen molar-refractivity contribution in [3.05, 3.63) is 102 Å². The normalized spacial score (nSPS) is 11.1. The van der Waals surface area contributed by atoms with Crippen molar-refractivity contribution in [1.82, 2.24) is 0 Å². The first-order valence-electron chi connectivity index (χ1n) is 8.82. The Hall–Kier alpha value is -3.23. The third-order valence-electron chi connectivity index (χ3n) is 4.70. The summed E-state index contributed by atoms with van der Waals surface area (Å²) >= 11 is 6.12. The number of furan rings is 1. The zero-order valence-electron chi connectivity index (χ0n) is 14.5. The number of fused-ring (bicyclic) bond motifs is 3. The summed E-state index contributed by atoms with van der Waals surface area (Å²) in [7, 11) is 0. The topological polar surface area (TPSA) is 16.4 Å². The van der Waals surface area contributed by atoms with Crippen molar-refractivity contribution >= 4 is 50.6 Å². The molecule has 0 aliphatic carbocycles. The molecule has 130 valence electrons. The van der Waals surface area contributed by atoms with Crippen LogP contribution in [0.2, 0.25) is 5.02 Å². The number of benzene rings is 4. The zero-order chi connectivity index (χ0) is 18.2. The summed E-state index contributed by atoms with van der Waals surface area (Å²) < 4.78 is 5.98. The molecule has 0 atom stereocenters. The molecule has 4 aromatic carbocycles. The lowest BCUT2D eigenvalue weighted by atomic mass is 10.1. The fourth-order valence-corrected chi connectivity index (χ4v) is 3.64. The number of anilines is 3. The van der Waals surface area contributed by atoms with E-state index in [-0.39, 0.29) is 0 Å². The van der Waals surface area contributed by atoms with Gasteiger partial charge in [0.15, 0.2) is 0 Å². The Morgan fingerprint density at radius 2 is 1.22 bits per heavy atom. The van der Waals surface area contributed by atoms with E-state index in [1.54, 1.807) is 0 Å². The Morgan fingerprint density at radius 1 is 0.556 bits per heavy atom.